The van der Waals surface area contributed by atoms with Crippen LogP contribution in [0.1, 0.15) is 31.0 Å². The lowest BCUT2D eigenvalue weighted by Gasteiger charge is -2.16. The Bertz CT molecular complexity index is 773. The molecule has 0 heterocycles. The standard InChI is InChI=1S/C17H20BrNO3S/c1-4-22-17-10-9-16(11-12(17)2)23(20,21)19-13(3)14-5-7-15(18)8-6-14/h5-11,13,19H,4H2,1-3H3/t13-/m0/s1. The van der Waals surface area contributed by atoms with Gasteiger partial charge in [0.25, 0.3) is 0 Å². The van der Waals surface area contributed by atoms with Crippen LogP contribution in [0, 0.1) is 6.92 Å². The van der Waals surface area contributed by atoms with Crippen molar-refractivity contribution in [1.29, 1.82) is 0 Å². The number of hydrogen-bond donors (Lipinski definition) is 1. The lowest BCUT2D eigenvalue weighted by Crippen LogP contribution is -2.27. The molecule has 2 aromatic rings. The summed E-state index contributed by atoms with van der Waals surface area (Å²) < 4.78 is 34.2. The van der Waals surface area contributed by atoms with Crippen LogP contribution >= 0.6 is 15.9 Å². The van der Waals surface area contributed by atoms with Gasteiger partial charge in [-0.05, 0) is 62.2 Å². The van der Waals surface area contributed by atoms with Gasteiger partial charge < -0.3 is 4.74 Å². The third kappa shape index (κ3) is 4.56. The number of rotatable bonds is 6. The average Bonchev–Trinajstić information content (AvgIpc) is 2.49. The van der Waals surface area contributed by atoms with E-state index in [1.165, 1.54) is 0 Å². The number of nitrogens with one attached hydrogen (secondary N) is 1. The van der Waals surface area contributed by atoms with E-state index < -0.39 is 10.0 Å². The van der Waals surface area contributed by atoms with Gasteiger partial charge in [-0.15, -0.1) is 0 Å². The summed E-state index contributed by atoms with van der Waals surface area (Å²) in [5, 5.41) is 0. The Hall–Kier alpha value is -1.37. The molecule has 0 spiro atoms. The molecule has 0 aliphatic carbocycles. The molecule has 6 heteroatoms. The summed E-state index contributed by atoms with van der Waals surface area (Å²) >= 11 is 3.37. The predicted octanol–water partition coefficient (Wildman–Crippen LogP) is 4.20. The number of benzene rings is 2. The summed E-state index contributed by atoms with van der Waals surface area (Å²) in [6, 6.07) is 12.1. The molecule has 2 aromatic carbocycles. The number of halogens is 1. The van der Waals surface area contributed by atoms with Gasteiger partial charge in [0, 0.05) is 10.5 Å². The topological polar surface area (TPSA) is 55.4 Å². The van der Waals surface area contributed by atoms with Crippen molar-refractivity contribution in [1.82, 2.24) is 4.72 Å². The highest BCUT2D eigenvalue weighted by Gasteiger charge is 2.19. The van der Waals surface area contributed by atoms with E-state index in [1.54, 1.807) is 18.2 Å². The first-order valence-corrected chi connectivity index (χ1v) is 9.62. The largest absolute Gasteiger partial charge is 0.494 e. The van der Waals surface area contributed by atoms with Crippen LogP contribution in [0.25, 0.3) is 0 Å². The van der Waals surface area contributed by atoms with Gasteiger partial charge in [0.1, 0.15) is 5.75 Å². The van der Waals surface area contributed by atoms with Crippen LogP contribution in [0.3, 0.4) is 0 Å². The van der Waals surface area contributed by atoms with Crippen LogP contribution in [0.15, 0.2) is 51.8 Å². The molecule has 0 saturated heterocycles. The molecular formula is C17H20BrNO3S. The van der Waals surface area contributed by atoms with E-state index in [0.717, 1.165) is 15.6 Å². The van der Waals surface area contributed by atoms with Crippen molar-refractivity contribution in [2.24, 2.45) is 0 Å². The lowest BCUT2D eigenvalue weighted by molar-refractivity contribution is 0.337. The van der Waals surface area contributed by atoms with Crippen LogP contribution < -0.4 is 9.46 Å². The molecule has 23 heavy (non-hydrogen) atoms. The molecule has 0 fully saturated rings. The van der Waals surface area contributed by atoms with Gasteiger partial charge in [-0.25, -0.2) is 13.1 Å². The highest BCUT2D eigenvalue weighted by atomic mass is 79.9. The first kappa shape index (κ1) is 18.0. The number of ether oxygens (including phenoxy) is 1. The lowest BCUT2D eigenvalue weighted by atomic mass is 10.1. The number of aryl methyl sites for hydroxylation is 1. The molecule has 2 rings (SSSR count). The zero-order valence-corrected chi connectivity index (χ0v) is 15.7. The number of hydrogen-bond acceptors (Lipinski definition) is 3. The molecule has 124 valence electrons. The van der Waals surface area contributed by atoms with Crippen molar-refractivity contribution >= 4 is 26.0 Å². The maximum absolute atomic E-state index is 12.5. The number of sulfonamides is 1. The third-order valence-electron chi connectivity index (χ3n) is 3.46. The molecule has 0 aliphatic rings. The van der Waals surface area contributed by atoms with E-state index in [9.17, 15) is 8.42 Å². The Morgan fingerprint density at radius 1 is 1.17 bits per heavy atom. The van der Waals surface area contributed by atoms with Gasteiger partial charge in [0.15, 0.2) is 0 Å². The van der Waals surface area contributed by atoms with Crippen molar-refractivity contribution in [3.63, 3.8) is 0 Å². The molecule has 0 aliphatic heterocycles. The summed E-state index contributed by atoms with van der Waals surface area (Å²) in [7, 11) is -3.59. The van der Waals surface area contributed by atoms with E-state index in [1.807, 2.05) is 45.0 Å². The fourth-order valence-corrected chi connectivity index (χ4v) is 3.81. The second kappa shape index (κ2) is 7.47. The first-order valence-electron chi connectivity index (χ1n) is 7.34. The van der Waals surface area contributed by atoms with Crippen molar-refractivity contribution in [3.8, 4) is 5.75 Å². The first-order chi connectivity index (χ1) is 10.8. The van der Waals surface area contributed by atoms with Crippen molar-refractivity contribution in [2.45, 2.75) is 31.7 Å². The third-order valence-corrected chi connectivity index (χ3v) is 5.53. The smallest absolute Gasteiger partial charge is 0.241 e. The zero-order chi connectivity index (χ0) is 17.0. The van der Waals surface area contributed by atoms with E-state index >= 15 is 0 Å². The van der Waals surface area contributed by atoms with Gasteiger partial charge in [0.05, 0.1) is 11.5 Å². The predicted molar refractivity (Wildman–Crippen MR) is 95.2 cm³/mol. The molecule has 1 atom stereocenters. The summed E-state index contributed by atoms with van der Waals surface area (Å²) in [5.41, 5.74) is 1.70. The van der Waals surface area contributed by atoms with Gasteiger partial charge in [-0.1, -0.05) is 28.1 Å². The molecule has 0 bridgehead atoms. The van der Waals surface area contributed by atoms with Gasteiger partial charge in [-0.3, -0.25) is 0 Å². The van der Waals surface area contributed by atoms with E-state index in [4.69, 9.17) is 4.74 Å². The fraction of sp³-hybridized carbons (Fsp3) is 0.294. The molecular weight excluding hydrogens is 378 g/mol. The zero-order valence-electron chi connectivity index (χ0n) is 13.3. The normalized spacial score (nSPS) is 12.9. The quantitative estimate of drug-likeness (QED) is 0.794. The van der Waals surface area contributed by atoms with Gasteiger partial charge in [-0.2, -0.15) is 0 Å². The highest BCUT2D eigenvalue weighted by molar-refractivity contribution is 9.10. The van der Waals surface area contributed by atoms with E-state index in [2.05, 4.69) is 20.7 Å². The SMILES string of the molecule is CCOc1ccc(S(=O)(=O)N[C@@H](C)c2ccc(Br)cc2)cc1C. The summed E-state index contributed by atoms with van der Waals surface area (Å²) in [6.07, 6.45) is 0. The molecule has 4 nitrogen and oxygen atoms in total. The van der Waals surface area contributed by atoms with Crippen LogP contribution in [0.2, 0.25) is 0 Å². The van der Waals surface area contributed by atoms with Crippen molar-refractivity contribution in [2.75, 3.05) is 6.61 Å². The molecule has 0 aromatic heterocycles. The minimum atomic E-state index is -3.59. The molecule has 1 N–H and O–H groups in total. The highest BCUT2D eigenvalue weighted by Crippen LogP contribution is 2.24. The Kier molecular flexibility index (Phi) is 5.84. The van der Waals surface area contributed by atoms with Crippen molar-refractivity contribution in [3.05, 3.63) is 58.1 Å². The Morgan fingerprint density at radius 3 is 2.39 bits per heavy atom. The minimum absolute atomic E-state index is 0.238. The second-order valence-corrected chi connectivity index (χ2v) is 7.88. The fourth-order valence-electron chi connectivity index (χ4n) is 2.23. The monoisotopic (exact) mass is 397 g/mol. The van der Waals surface area contributed by atoms with Gasteiger partial charge in [0.2, 0.25) is 10.0 Å². The average molecular weight is 398 g/mol. The van der Waals surface area contributed by atoms with Crippen LogP contribution in [-0.4, -0.2) is 15.0 Å². The van der Waals surface area contributed by atoms with Crippen LogP contribution in [-0.2, 0) is 10.0 Å². The Morgan fingerprint density at radius 2 is 1.83 bits per heavy atom. The molecule has 0 unspecified atom stereocenters. The molecule has 0 saturated carbocycles. The van der Waals surface area contributed by atoms with Crippen molar-refractivity contribution < 1.29 is 13.2 Å². The summed E-state index contributed by atoms with van der Waals surface area (Å²) in [6.45, 7) is 6.10. The Labute approximate surface area is 146 Å². The van der Waals surface area contributed by atoms with Crippen LogP contribution in [0.5, 0.6) is 5.75 Å². The maximum atomic E-state index is 12.5. The minimum Gasteiger partial charge on any atom is -0.494 e. The van der Waals surface area contributed by atoms with E-state index in [-0.39, 0.29) is 10.9 Å². The molecule has 0 radical (unpaired) electrons. The maximum Gasteiger partial charge on any atom is 0.241 e. The van der Waals surface area contributed by atoms with Crippen LogP contribution in [0.4, 0.5) is 0 Å². The van der Waals surface area contributed by atoms with Gasteiger partial charge >= 0.3 is 0 Å². The van der Waals surface area contributed by atoms with E-state index in [0.29, 0.717) is 12.4 Å². The summed E-state index contributed by atoms with van der Waals surface area (Å²) in [4.78, 5) is 0.238. The molecule has 0 amide bonds. The summed E-state index contributed by atoms with van der Waals surface area (Å²) in [5.74, 6) is 0.701. The second-order valence-electron chi connectivity index (χ2n) is 5.25. The Balaban J connectivity index is 2.21.